The maximum absolute atomic E-state index is 13.0. The van der Waals surface area contributed by atoms with Crippen LogP contribution in [0.25, 0.3) is 0 Å². The van der Waals surface area contributed by atoms with Crippen molar-refractivity contribution in [2.45, 2.75) is 18.4 Å². The third-order valence-corrected chi connectivity index (χ3v) is 3.74. The second kappa shape index (κ2) is 4.24. The molecule has 2 fully saturated rings. The Morgan fingerprint density at radius 2 is 1.89 bits per heavy atom. The van der Waals surface area contributed by atoms with Gasteiger partial charge in [0.25, 0.3) is 0 Å². The maximum Gasteiger partial charge on any atom is 0.415 e. The lowest BCUT2D eigenvalue weighted by atomic mass is 9.88. The number of nitrogens with zero attached hydrogens (tertiary/aromatic N) is 1. The number of piperidine rings is 1. The SMILES string of the molecule is O=C1OCC2(CCNCC2)N1c1ccc(F)cc1. The van der Waals surface area contributed by atoms with Crippen LogP contribution in [0.1, 0.15) is 12.8 Å². The van der Waals surface area contributed by atoms with E-state index in [1.54, 1.807) is 17.0 Å². The molecule has 2 saturated heterocycles. The lowest BCUT2D eigenvalue weighted by Crippen LogP contribution is -2.53. The minimum absolute atomic E-state index is 0.264. The van der Waals surface area contributed by atoms with E-state index in [0.717, 1.165) is 25.9 Å². The molecule has 0 saturated carbocycles. The third-order valence-electron chi connectivity index (χ3n) is 3.74. The highest BCUT2D eigenvalue weighted by Gasteiger charge is 2.48. The molecule has 5 heteroatoms. The molecule has 1 spiro atoms. The van der Waals surface area contributed by atoms with E-state index in [0.29, 0.717) is 12.3 Å². The minimum Gasteiger partial charge on any atom is -0.447 e. The molecule has 2 aliphatic heterocycles. The number of cyclic esters (lactones) is 1. The molecule has 0 radical (unpaired) electrons. The smallest absolute Gasteiger partial charge is 0.415 e. The predicted octanol–water partition coefficient (Wildman–Crippen LogP) is 1.90. The quantitative estimate of drug-likeness (QED) is 0.827. The monoisotopic (exact) mass is 250 g/mol. The Morgan fingerprint density at radius 1 is 1.22 bits per heavy atom. The molecule has 0 aliphatic carbocycles. The number of amides is 1. The molecule has 0 unspecified atom stereocenters. The van der Waals surface area contributed by atoms with Crippen LogP contribution < -0.4 is 10.2 Å². The molecule has 0 atom stereocenters. The molecule has 0 aromatic heterocycles. The van der Waals surface area contributed by atoms with Crippen molar-refractivity contribution >= 4 is 11.8 Å². The van der Waals surface area contributed by atoms with E-state index in [-0.39, 0.29) is 17.4 Å². The number of anilines is 1. The molecule has 1 amide bonds. The number of benzene rings is 1. The molecule has 0 bridgehead atoms. The molecule has 96 valence electrons. The van der Waals surface area contributed by atoms with Gasteiger partial charge in [-0.1, -0.05) is 0 Å². The Morgan fingerprint density at radius 3 is 2.56 bits per heavy atom. The first-order valence-corrected chi connectivity index (χ1v) is 6.15. The van der Waals surface area contributed by atoms with E-state index in [9.17, 15) is 9.18 Å². The average molecular weight is 250 g/mol. The van der Waals surface area contributed by atoms with Gasteiger partial charge in [-0.3, -0.25) is 4.90 Å². The molecule has 3 rings (SSSR count). The van der Waals surface area contributed by atoms with Crippen LogP contribution in [0.3, 0.4) is 0 Å². The third kappa shape index (κ3) is 1.75. The first-order valence-electron chi connectivity index (χ1n) is 6.15. The Kier molecular flexibility index (Phi) is 2.70. The second-order valence-corrected chi connectivity index (χ2v) is 4.84. The standard InChI is InChI=1S/C13H15FN2O2/c14-10-1-3-11(4-2-10)16-12(17)18-9-13(16)5-7-15-8-6-13/h1-4,15H,5-9H2. The van der Waals surface area contributed by atoms with Gasteiger partial charge in [0.2, 0.25) is 0 Å². The summed E-state index contributed by atoms with van der Waals surface area (Å²) >= 11 is 0. The van der Waals surface area contributed by atoms with Crippen LogP contribution in [0.15, 0.2) is 24.3 Å². The highest BCUT2D eigenvalue weighted by atomic mass is 19.1. The fraction of sp³-hybridized carbons (Fsp3) is 0.462. The van der Waals surface area contributed by atoms with Crippen molar-refractivity contribution in [3.8, 4) is 0 Å². The molecule has 4 nitrogen and oxygen atoms in total. The summed E-state index contributed by atoms with van der Waals surface area (Å²) in [5.74, 6) is -0.300. The summed E-state index contributed by atoms with van der Waals surface area (Å²) in [6.07, 6.45) is 1.38. The Bertz CT molecular complexity index is 455. The van der Waals surface area contributed by atoms with Gasteiger partial charge < -0.3 is 10.1 Å². The van der Waals surface area contributed by atoms with Crippen LogP contribution >= 0.6 is 0 Å². The van der Waals surface area contributed by atoms with Crippen molar-refractivity contribution in [3.63, 3.8) is 0 Å². The van der Waals surface area contributed by atoms with Gasteiger partial charge in [0.05, 0.1) is 5.54 Å². The van der Waals surface area contributed by atoms with Crippen molar-refractivity contribution in [2.24, 2.45) is 0 Å². The number of halogens is 1. The number of nitrogens with one attached hydrogen (secondary N) is 1. The predicted molar refractivity (Wildman–Crippen MR) is 65.1 cm³/mol. The van der Waals surface area contributed by atoms with Crippen LogP contribution in [0, 0.1) is 5.82 Å². The van der Waals surface area contributed by atoms with Crippen LogP contribution in [0.4, 0.5) is 14.9 Å². The van der Waals surface area contributed by atoms with E-state index in [1.807, 2.05) is 0 Å². The Labute approximate surface area is 105 Å². The molecular formula is C13H15FN2O2. The van der Waals surface area contributed by atoms with Gasteiger partial charge in [0.1, 0.15) is 12.4 Å². The summed E-state index contributed by atoms with van der Waals surface area (Å²) in [4.78, 5) is 13.6. The van der Waals surface area contributed by atoms with E-state index < -0.39 is 0 Å². The largest absolute Gasteiger partial charge is 0.447 e. The van der Waals surface area contributed by atoms with Crippen molar-refractivity contribution in [2.75, 3.05) is 24.6 Å². The fourth-order valence-corrected chi connectivity index (χ4v) is 2.75. The summed E-state index contributed by atoms with van der Waals surface area (Å²) < 4.78 is 18.2. The maximum atomic E-state index is 13.0. The van der Waals surface area contributed by atoms with Gasteiger partial charge in [-0.15, -0.1) is 0 Å². The topological polar surface area (TPSA) is 41.6 Å². The molecule has 1 N–H and O–H groups in total. The number of carbonyl (C=O) groups is 1. The molecule has 2 aliphatic rings. The Balaban J connectivity index is 1.96. The van der Waals surface area contributed by atoms with Crippen molar-refractivity contribution < 1.29 is 13.9 Å². The first kappa shape index (κ1) is 11.5. The lowest BCUT2D eigenvalue weighted by molar-refractivity contribution is 0.167. The fourth-order valence-electron chi connectivity index (χ4n) is 2.75. The molecule has 1 aromatic carbocycles. The van der Waals surface area contributed by atoms with E-state index >= 15 is 0 Å². The molecule has 2 heterocycles. The number of ether oxygens (including phenoxy) is 1. The van der Waals surface area contributed by atoms with Gasteiger partial charge in [0, 0.05) is 5.69 Å². The number of carbonyl (C=O) groups excluding carboxylic acids is 1. The van der Waals surface area contributed by atoms with Gasteiger partial charge in [-0.2, -0.15) is 0 Å². The number of rotatable bonds is 1. The van der Waals surface area contributed by atoms with Gasteiger partial charge in [-0.25, -0.2) is 9.18 Å². The summed E-state index contributed by atoms with van der Waals surface area (Å²) in [5.41, 5.74) is 0.445. The van der Waals surface area contributed by atoms with E-state index in [2.05, 4.69) is 5.32 Å². The first-order chi connectivity index (χ1) is 8.71. The average Bonchev–Trinajstić information content (AvgIpc) is 2.69. The normalized spacial score (nSPS) is 22.3. The number of hydrogen-bond donors (Lipinski definition) is 1. The number of hydrogen-bond acceptors (Lipinski definition) is 3. The molecular weight excluding hydrogens is 235 g/mol. The van der Waals surface area contributed by atoms with Gasteiger partial charge in [-0.05, 0) is 50.2 Å². The van der Waals surface area contributed by atoms with Crippen LogP contribution in [-0.2, 0) is 4.74 Å². The van der Waals surface area contributed by atoms with Crippen molar-refractivity contribution in [3.05, 3.63) is 30.1 Å². The van der Waals surface area contributed by atoms with Crippen LogP contribution in [-0.4, -0.2) is 31.3 Å². The van der Waals surface area contributed by atoms with Crippen molar-refractivity contribution in [1.29, 1.82) is 0 Å². The van der Waals surface area contributed by atoms with E-state index in [4.69, 9.17) is 4.74 Å². The summed E-state index contributed by atoms with van der Waals surface area (Å²) in [6.45, 7) is 2.16. The zero-order chi connectivity index (χ0) is 12.6. The second-order valence-electron chi connectivity index (χ2n) is 4.84. The zero-order valence-corrected chi connectivity index (χ0v) is 9.99. The summed E-state index contributed by atoms with van der Waals surface area (Å²) in [5, 5.41) is 3.28. The highest BCUT2D eigenvalue weighted by Crippen LogP contribution is 2.36. The van der Waals surface area contributed by atoms with Crippen LogP contribution in [0.5, 0.6) is 0 Å². The minimum atomic E-state index is -0.330. The lowest BCUT2D eigenvalue weighted by Gasteiger charge is -2.38. The van der Waals surface area contributed by atoms with Crippen LogP contribution in [0.2, 0.25) is 0 Å². The highest BCUT2D eigenvalue weighted by molar-refractivity contribution is 5.91. The van der Waals surface area contributed by atoms with E-state index in [1.165, 1.54) is 12.1 Å². The molecule has 18 heavy (non-hydrogen) atoms. The van der Waals surface area contributed by atoms with Gasteiger partial charge >= 0.3 is 6.09 Å². The summed E-state index contributed by atoms with van der Waals surface area (Å²) in [7, 11) is 0. The zero-order valence-electron chi connectivity index (χ0n) is 9.99. The van der Waals surface area contributed by atoms with Crippen molar-refractivity contribution in [1.82, 2.24) is 5.32 Å². The van der Waals surface area contributed by atoms with Gasteiger partial charge in [0.15, 0.2) is 0 Å². The summed E-state index contributed by atoms with van der Waals surface area (Å²) in [6, 6.07) is 6.00. The molecule has 1 aromatic rings. The Hall–Kier alpha value is -1.62.